The maximum absolute atomic E-state index is 14.0. The molecule has 0 spiro atoms. The summed E-state index contributed by atoms with van der Waals surface area (Å²) in [5.41, 5.74) is -1.74. The van der Waals surface area contributed by atoms with E-state index in [2.05, 4.69) is 10.2 Å². The number of nitrogens with zero attached hydrogens (tertiary/aromatic N) is 2. The fourth-order valence-electron chi connectivity index (χ4n) is 1.97. The normalized spacial score (nSPS) is 12.7. The molecule has 2 rings (SSSR count). The fourth-order valence-corrected chi connectivity index (χ4v) is 2.38. The number of halogens is 4. The van der Waals surface area contributed by atoms with Crippen LogP contribution in [0.1, 0.15) is 26.3 Å². The van der Waals surface area contributed by atoms with Crippen molar-refractivity contribution in [1.29, 1.82) is 0 Å². The van der Waals surface area contributed by atoms with Crippen LogP contribution in [-0.4, -0.2) is 14.8 Å². The van der Waals surface area contributed by atoms with Crippen LogP contribution in [0.25, 0.3) is 11.4 Å². The second kappa shape index (κ2) is 4.94. The molecule has 0 radical (unpaired) electrons. The standard InChI is InChI=1S/C13H13F4N3S/c1-12(2,3)20-10(18-19-11(20)21)8-6-7(13(15,16)17)4-5-9(8)14/h4-6H,1-3H3,(H,19,21). The Balaban J connectivity index is 2.72. The van der Waals surface area contributed by atoms with Crippen LogP contribution in [0.15, 0.2) is 18.2 Å². The predicted molar refractivity (Wildman–Crippen MR) is 72.8 cm³/mol. The van der Waals surface area contributed by atoms with E-state index >= 15 is 0 Å². The van der Waals surface area contributed by atoms with Gasteiger partial charge < -0.3 is 0 Å². The van der Waals surface area contributed by atoms with Crippen molar-refractivity contribution in [3.8, 4) is 11.4 Å². The van der Waals surface area contributed by atoms with Gasteiger partial charge in [0.25, 0.3) is 0 Å². The molecule has 0 saturated carbocycles. The maximum Gasteiger partial charge on any atom is 0.416 e. The molecule has 8 heteroatoms. The van der Waals surface area contributed by atoms with E-state index in [9.17, 15) is 17.6 Å². The average Bonchev–Trinajstić information content (AvgIpc) is 2.69. The Morgan fingerprint density at radius 3 is 2.33 bits per heavy atom. The van der Waals surface area contributed by atoms with Gasteiger partial charge >= 0.3 is 6.18 Å². The third-order valence-corrected chi connectivity index (χ3v) is 3.15. The predicted octanol–water partition coefficient (Wildman–Crippen LogP) is 4.52. The van der Waals surface area contributed by atoms with Crippen LogP contribution in [0, 0.1) is 10.6 Å². The molecule has 1 aromatic heterocycles. The monoisotopic (exact) mass is 319 g/mol. The van der Waals surface area contributed by atoms with E-state index in [1.54, 1.807) is 20.8 Å². The molecule has 3 nitrogen and oxygen atoms in total. The number of alkyl halides is 3. The lowest BCUT2D eigenvalue weighted by atomic mass is 10.1. The topological polar surface area (TPSA) is 33.6 Å². The van der Waals surface area contributed by atoms with Gasteiger partial charge in [0.2, 0.25) is 0 Å². The summed E-state index contributed by atoms with van der Waals surface area (Å²) in [5.74, 6) is -0.751. The highest BCUT2D eigenvalue weighted by atomic mass is 32.1. The zero-order valence-electron chi connectivity index (χ0n) is 11.5. The highest BCUT2D eigenvalue weighted by Crippen LogP contribution is 2.34. The molecule has 0 aliphatic heterocycles. The van der Waals surface area contributed by atoms with Crippen LogP contribution in [-0.2, 0) is 11.7 Å². The molecule has 2 aromatic rings. The third kappa shape index (κ3) is 2.99. The van der Waals surface area contributed by atoms with Gasteiger partial charge in [0.05, 0.1) is 11.1 Å². The molecule has 1 heterocycles. The van der Waals surface area contributed by atoms with Crippen molar-refractivity contribution in [2.24, 2.45) is 0 Å². The Hall–Kier alpha value is -1.70. The Bertz CT molecular complexity index is 722. The van der Waals surface area contributed by atoms with Gasteiger partial charge in [0.15, 0.2) is 10.6 Å². The lowest BCUT2D eigenvalue weighted by Gasteiger charge is -2.22. The van der Waals surface area contributed by atoms with Gasteiger partial charge in [-0.2, -0.15) is 18.3 Å². The summed E-state index contributed by atoms with van der Waals surface area (Å²) in [6.45, 7) is 5.40. The smallest absolute Gasteiger partial charge is 0.295 e. The van der Waals surface area contributed by atoms with E-state index in [0.717, 1.165) is 12.1 Å². The zero-order chi connectivity index (χ0) is 16.0. The van der Waals surface area contributed by atoms with Crippen molar-refractivity contribution in [1.82, 2.24) is 14.8 Å². The minimum atomic E-state index is -4.55. The van der Waals surface area contributed by atoms with Crippen molar-refractivity contribution < 1.29 is 17.6 Å². The van der Waals surface area contributed by atoms with Gasteiger partial charge in [-0.1, -0.05) is 0 Å². The van der Waals surface area contributed by atoms with Crippen LogP contribution < -0.4 is 0 Å². The lowest BCUT2D eigenvalue weighted by Crippen LogP contribution is -2.23. The molecule has 0 aliphatic rings. The molecular formula is C13H13F4N3S. The summed E-state index contributed by atoms with van der Waals surface area (Å²) in [7, 11) is 0. The number of aromatic nitrogens is 3. The van der Waals surface area contributed by atoms with Gasteiger partial charge in [-0.05, 0) is 51.2 Å². The largest absolute Gasteiger partial charge is 0.416 e. The third-order valence-electron chi connectivity index (χ3n) is 2.88. The van der Waals surface area contributed by atoms with Crippen LogP contribution in [0.2, 0.25) is 0 Å². The molecule has 0 fully saturated rings. The van der Waals surface area contributed by atoms with E-state index in [-0.39, 0.29) is 16.2 Å². The highest BCUT2D eigenvalue weighted by Gasteiger charge is 2.32. The highest BCUT2D eigenvalue weighted by molar-refractivity contribution is 7.71. The first-order valence-electron chi connectivity index (χ1n) is 6.07. The summed E-state index contributed by atoms with van der Waals surface area (Å²) >= 11 is 5.07. The molecule has 0 unspecified atom stereocenters. The van der Waals surface area contributed by atoms with E-state index in [4.69, 9.17) is 12.2 Å². The zero-order valence-corrected chi connectivity index (χ0v) is 12.4. The maximum atomic E-state index is 14.0. The van der Waals surface area contributed by atoms with Crippen molar-refractivity contribution in [3.63, 3.8) is 0 Å². The quantitative estimate of drug-likeness (QED) is 0.619. The average molecular weight is 319 g/mol. The molecule has 114 valence electrons. The number of benzene rings is 1. The minimum Gasteiger partial charge on any atom is -0.295 e. The number of aromatic amines is 1. The summed E-state index contributed by atoms with van der Waals surface area (Å²) < 4.78 is 54.0. The second-order valence-corrected chi connectivity index (χ2v) is 5.94. The fraction of sp³-hybridized carbons (Fsp3) is 0.385. The Kier molecular flexibility index (Phi) is 3.69. The summed E-state index contributed by atoms with van der Waals surface area (Å²) in [4.78, 5) is 0. The molecule has 0 atom stereocenters. The molecule has 21 heavy (non-hydrogen) atoms. The van der Waals surface area contributed by atoms with Crippen LogP contribution in [0.4, 0.5) is 17.6 Å². The number of hydrogen-bond acceptors (Lipinski definition) is 2. The van der Waals surface area contributed by atoms with Gasteiger partial charge in [-0.3, -0.25) is 9.67 Å². The van der Waals surface area contributed by atoms with Gasteiger partial charge in [0, 0.05) is 5.54 Å². The number of hydrogen-bond donors (Lipinski definition) is 1. The molecule has 1 aromatic carbocycles. The molecular weight excluding hydrogens is 306 g/mol. The molecule has 0 amide bonds. The van der Waals surface area contributed by atoms with E-state index < -0.39 is 23.1 Å². The second-order valence-electron chi connectivity index (χ2n) is 5.55. The van der Waals surface area contributed by atoms with E-state index in [0.29, 0.717) is 6.07 Å². The number of H-pyrrole nitrogens is 1. The first kappa shape index (κ1) is 15.7. The number of rotatable bonds is 1. The SMILES string of the molecule is CC(C)(C)n1c(-c2cc(C(F)(F)F)ccc2F)n[nH]c1=S. The summed E-state index contributed by atoms with van der Waals surface area (Å²) in [5, 5.41) is 6.37. The Labute approximate surface area is 123 Å². The molecule has 1 N–H and O–H groups in total. The molecule has 0 bridgehead atoms. The van der Waals surface area contributed by atoms with E-state index in [1.165, 1.54) is 4.57 Å². The van der Waals surface area contributed by atoms with E-state index in [1.807, 2.05) is 0 Å². The van der Waals surface area contributed by atoms with Crippen LogP contribution in [0.3, 0.4) is 0 Å². The number of nitrogens with one attached hydrogen (secondary N) is 1. The summed E-state index contributed by atoms with van der Waals surface area (Å²) in [6, 6.07) is 2.22. The van der Waals surface area contributed by atoms with Crippen molar-refractivity contribution >= 4 is 12.2 Å². The first-order chi connectivity index (χ1) is 9.51. The van der Waals surface area contributed by atoms with Crippen LogP contribution in [0.5, 0.6) is 0 Å². The van der Waals surface area contributed by atoms with Crippen LogP contribution >= 0.6 is 12.2 Å². The Morgan fingerprint density at radius 1 is 1.19 bits per heavy atom. The summed E-state index contributed by atoms with van der Waals surface area (Å²) in [6.07, 6.45) is -4.55. The molecule has 0 saturated heterocycles. The van der Waals surface area contributed by atoms with Crippen molar-refractivity contribution in [2.45, 2.75) is 32.5 Å². The molecule has 0 aliphatic carbocycles. The van der Waals surface area contributed by atoms with Gasteiger partial charge in [0.1, 0.15) is 5.82 Å². The van der Waals surface area contributed by atoms with Gasteiger partial charge in [-0.25, -0.2) is 4.39 Å². The first-order valence-corrected chi connectivity index (χ1v) is 6.47. The minimum absolute atomic E-state index is 0.0381. The lowest BCUT2D eigenvalue weighted by molar-refractivity contribution is -0.137. The van der Waals surface area contributed by atoms with Crippen molar-refractivity contribution in [3.05, 3.63) is 34.4 Å². The van der Waals surface area contributed by atoms with Crippen molar-refractivity contribution in [2.75, 3.05) is 0 Å². The Morgan fingerprint density at radius 2 is 1.81 bits per heavy atom. The van der Waals surface area contributed by atoms with Gasteiger partial charge in [-0.15, -0.1) is 0 Å².